The van der Waals surface area contributed by atoms with Gasteiger partial charge in [0, 0.05) is 18.5 Å². The van der Waals surface area contributed by atoms with Crippen LogP contribution in [-0.4, -0.2) is 38.7 Å². The van der Waals surface area contributed by atoms with Crippen molar-refractivity contribution in [1.82, 2.24) is 0 Å². The average Bonchev–Trinajstić information content (AvgIpc) is 3.06. The molecule has 0 bridgehead atoms. The van der Waals surface area contributed by atoms with E-state index in [0.717, 1.165) is 0 Å². The zero-order chi connectivity index (χ0) is 16.5. The molecule has 2 amide bonds. The molecule has 1 aromatic carbocycles. The molecular weight excluding hydrogens is 316 g/mol. The molecule has 1 aromatic heterocycles. The van der Waals surface area contributed by atoms with Crippen LogP contribution in [0.4, 0.5) is 11.4 Å². The van der Waals surface area contributed by atoms with Gasteiger partial charge in [-0.3, -0.25) is 9.59 Å². The van der Waals surface area contributed by atoms with Gasteiger partial charge in [-0.15, -0.1) is 11.3 Å². The Labute approximate surface area is 138 Å². The molecule has 2 aromatic rings. The summed E-state index contributed by atoms with van der Waals surface area (Å²) in [7, 11) is 1.57. The molecule has 0 radical (unpaired) electrons. The number of ether oxygens (including phenoxy) is 2. The normalized spacial score (nSPS) is 10.3. The highest BCUT2D eigenvalue weighted by molar-refractivity contribution is 7.12. The third kappa shape index (κ3) is 5.82. The van der Waals surface area contributed by atoms with E-state index in [2.05, 4.69) is 10.6 Å². The van der Waals surface area contributed by atoms with Crippen molar-refractivity contribution in [3.8, 4) is 0 Å². The molecule has 122 valence electrons. The Balaban J connectivity index is 1.87. The van der Waals surface area contributed by atoms with Crippen molar-refractivity contribution in [3.63, 3.8) is 0 Å². The molecule has 2 N–H and O–H groups in total. The molecule has 23 heavy (non-hydrogen) atoms. The molecule has 0 aliphatic rings. The van der Waals surface area contributed by atoms with Crippen molar-refractivity contribution in [2.75, 3.05) is 37.6 Å². The second-order valence-corrected chi connectivity index (χ2v) is 5.55. The molecule has 0 fully saturated rings. The van der Waals surface area contributed by atoms with Crippen molar-refractivity contribution < 1.29 is 19.1 Å². The van der Waals surface area contributed by atoms with Crippen LogP contribution in [0.5, 0.6) is 0 Å². The summed E-state index contributed by atoms with van der Waals surface area (Å²) in [5.74, 6) is -0.436. The summed E-state index contributed by atoms with van der Waals surface area (Å²) >= 11 is 1.37. The standard InChI is InChI=1S/C16H18N2O4S/c1-21-7-8-22-11-15(19)17-12-4-2-5-13(10-12)18-16(20)14-6-3-9-23-14/h2-6,9-10H,7-8,11H2,1H3,(H,17,19)(H,18,20). The third-order valence-corrected chi connectivity index (χ3v) is 3.68. The fourth-order valence-corrected chi connectivity index (χ4v) is 2.40. The van der Waals surface area contributed by atoms with Crippen molar-refractivity contribution >= 4 is 34.5 Å². The Bertz CT molecular complexity index is 643. The SMILES string of the molecule is COCCOCC(=O)Nc1cccc(NC(=O)c2cccs2)c1. The number of amides is 2. The number of benzene rings is 1. The highest BCUT2D eigenvalue weighted by Gasteiger charge is 2.08. The molecular formula is C16H18N2O4S. The number of anilines is 2. The van der Waals surface area contributed by atoms with Crippen LogP contribution in [0.2, 0.25) is 0 Å². The van der Waals surface area contributed by atoms with Crippen molar-refractivity contribution in [3.05, 3.63) is 46.7 Å². The van der Waals surface area contributed by atoms with Gasteiger partial charge < -0.3 is 20.1 Å². The number of methoxy groups -OCH3 is 1. The van der Waals surface area contributed by atoms with Crippen molar-refractivity contribution in [2.24, 2.45) is 0 Å². The quantitative estimate of drug-likeness (QED) is 0.728. The van der Waals surface area contributed by atoms with Crippen LogP contribution in [0.15, 0.2) is 41.8 Å². The van der Waals surface area contributed by atoms with E-state index in [-0.39, 0.29) is 18.4 Å². The number of carbonyl (C=O) groups is 2. The Hall–Kier alpha value is -2.22. The summed E-state index contributed by atoms with van der Waals surface area (Å²) in [6.07, 6.45) is 0. The van der Waals surface area contributed by atoms with E-state index in [0.29, 0.717) is 29.5 Å². The van der Waals surface area contributed by atoms with Crippen LogP contribution in [0.25, 0.3) is 0 Å². The number of thiophene rings is 1. The lowest BCUT2D eigenvalue weighted by Gasteiger charge is -2.09. The minimum atomic E-state index is -0.261. The first-order chi connectivity index (χ1) is 11.2. The largest absolute Gasteiger partial charge is 0.382 e. The molecule has 6 nitrogen and oxygen atoms in total. The second kappa shape index (κ2) is 9.04. The van der Waals surface area contributed by atoms with Gasteiger partial charge in [0.1, 0.15) is 6.61 Å². The number of carbonyl (C=O) groups excluding carboxylic acids is 2. The first kappa shape index (κ1) is 17.1. The molecule has 2 rings (SSSR count). The number of rotatable bonds is 8. The predicted octanol–water partition coefficient (Wildman–Crippen LogP) is 2.60. The molecule has 0 unspecified atom stereocenters. The Kier molecular flexibility index (Phi) is 6.74. The van der Waals surface area contributed by atoms with E-state index < -0.39 is 0 Å². The van der Waals surface area contributed by atoms with Gasteiger partial charge in [-0.1, -0.05) is 12.1 Å². The van der Waals surface area contributed by atoms with Crippen molar-refractivity contribution in [2.45, 2.75) is 0 Å². The summed E-state index contributed by atoms with van der Waals surface area (Å²) in [6.45, 7) is 0.757. The lowest BCUT2D eigenvalue weighted by Crippen LogP contribution is -2.19. The molecule has 7 heteroatoms. The maximum Gasteiger partial charge on any atom is 0.265 e. The van der Waals surface area contributed by atoms with Crippen LogP contribution in [-0.2, 0) is 14.3 Å². The van der Waals surface area contributed by atoms with Gasteiger partial charge in [0.2, 0.25) is 5.91 Å². The monoisotopic (exact) mass is 334 g/mol. The topological polar surface area (TPSA) is 76.7 Å². The minimum absolute atomic E-state index is 0.0465. The van der Waals surface area contributed by atoms with E-state index in [9.17, 15) is 9.59 Å². The van der Waals surface area contributed by atoms with E-state index in [1.54, 1.807) is 37.4 Å². The van der Waals surface area contributed by atoms with Gasteiger partial charge in [-0.2, -0.15) is 0 Å². The Morgan fingerprint density at radius 2 is 1.87 bits per heavy atom. The van der Waals surface area contributed by atoms with Crippen LogP contribution >= 0.6 is 11.3 Å². The molecule has 0 saturated carbocycles. The van der Waals surface area contributed by atoms with Gasteiger partial charge in [0.25, 0.3) is 5.91 Å². The number of hydrogen-bond acceptors (Lipinski definition) is 5. The summed E-state index contributed by atoms with van der Waals surface area (Å²) in [6, 6.07) is 10.5. The van der Waals surface area contributed by atoms with Crippen molar-refractivity contribution in [1.29, 1.82) is 0 Å². The van der Waals surface area contributed by atoms with Crippen LogP contribution < -0.4 is 10.6 Å². The summed E-state index contributed by atoms with van der Waals surface area (Å²) in [4.78, 5) is 24.4. The molecule has 0 atom stereocenters. The van der Waals surface area contributed by atoms with Gasteiger partial charge >= 0.3 is 0 Å². The molecule has 1 heterocycles. The smallest absolute Gasteiger partial charge is 0.265 e. The Morgan fingerprint density at radius 3 is 2.57 bits per heavy atom. The average molecular weight is 334 g/mol. The fraction of sp³-hybridized carbons (Fsp3) is 0.250. The number of hydrogen-bond donors (Lipinski definition) is 2. The van der Waals surface area contributed by atoms with Gasteiger partial charge in [0.15, 0.2) is 0 Å². The van der Waals surface area contributed by atoms with Gasteiger partial charge in [-0.05, 0) is 29.6 Å². The predicted molar refractivity (Wildman–Crippen MR) is 90.0 cm³/mol. The Morgan fingerprint density at radius 1 is 1.09 bits per heavy atom. The lowest BCUT2D eigenvalue weighted by molar-refractivity contribution is -0.121. The molecule has 0 aliphatic carbocycles. The van der Waals surface area contributed by atoms with Crippen LogP contribution in [0.1, 0.15) is 9.67 Å². The van der Waals surface area contributed by atoms with E-state index in [1.165, 1.54) is 11.3 Å². The van der Waals surface area contributed by atoms with Crippen LogP contribution in [0, 0.1) is 0 Å². The lowest BCUT2D eigenvalue weighted by atomic mass is 10.2. The zero-order valence-electron chi connectivity index (χ0n) is 12.7. The first-order valence-electron chi connectivity index (χ1n) is 7.00. The highest BCUT2D eigenvalue weighted by atomic mass is 32.1. The first-order valence-corrected chi connectivity index (χ1v) is 7.88. The maximum atomic E-state index is 12.0. The van der Waals surface area contributed by atoms with E-state index in [4.69, 9.17) is 9.47 Å². The minimum Gasteiger partial charge on any atom is -0.382 e. The molecule has 0 saturated heterocycles. The fourth-order valence-electron chi connectivity index (χ4n) is 1.78. The highest BCUT2D eigenvalue weighted by Crippen LogP contribution is 2.17. The summed E-state index contributed by atoms with van der Waals surface area (Å²) in [5.41, 5.74) is 1.20. The summed E-state index contributed by atoms with van der Waals surface area (Å²) < 4.78 is 9.98. The number of nitrogens with one attached hydrogen (secondary N) is 2. The third-order valence-electron chi connectivity index (χ3n) is 2.81. The van der Waals surface area contributed by atoms with Crippen LogP contribution in [0.3, 0.4) is 0 Å². The summed E-state index contributed by atoms with van der Waals surface area (Å²) in [5, 5.41) is 7.35. The second-order valence-electron chi connectivity index (χ2n) is 4.61. The van der Waals surface area contributed by atoms with Gasteiger partial charge in [-0.25, -0.2) is 0 Å². The molecule has 0 spiro atoms. The maximum absolute atomic E-state index is 12.0. The molecule has 0 aliphatic heterocycles. The van der Waals surface area contributed by atoms with E-state index in [1.807, 2.05) is 11.4 Å². The van der Waals surface area contributed by atoms with Gasteiger partial charge in [0.05, 0.1) is 18.1 Å². The van der Waals surface area contributed by atoms with E-state index >= 15 is 0 Å². The zero-order valence-corrected chi connectivity index (χ0v) is 13.5.